The summed E-state index contributed by atoms with van der Waals surface area (Å²) in [5.74, 6) is 0.471. The zero-order chi connectivity index (χ0) is 18.0. The number of nitrogens with zero attached hydrogens (tertiary/aromatic N) is 1. The molecule has 3 rings (SSSR count). The van der Waals surface area contributed by atoms with Gasteiger partial charge < -0.3 is 15.2 Å². The SMILES string of the molecule is COc1ccc(CC(=O)N2c3ccccc3C[C@H]2C(N)=O)cc1OC. The topological polar surface area (TPSA) is 81.9 Å². The first-order chi connectivity index (χ1) is 12.0. The first-order valence-electron chi connectivity index (χ1n) is 7.95. The highest BCUT2D eigenvalue weighted by Crippen LogP contribution is 2.33. The van der Waals surface area contributed by atoms with Crippen molar-refractivity contribution in [3.05, 3.63) is 53.6 Å². The third kappa shape index (κ3) is 3.15. The molecule has 0 aromatic heterocycles. The number of methoxy groups -OCH3 is 2. The summed E-state index contributed by atoms with van der Waals surface area (Å²) in [6, 6.07) is 12.2. The molecule has 1 atom stereocenters. The van der Waals surface area contributed by atoms with Crippen molar-refractivity contribution in [2.75, 3.05) is 19.1 Å². The third-order valence-electron chi connectivity index (χ3n) is 4.38. The van der Waals surface area contributed by atoms with E-state index < -0.39 is 11.9 Å². The van der Waals surface area contributed by atoms with Gasteiger partial charge in [-0.3, -0.25) is 14.5 Å². The van der Waals surface area contributed by atoms with Gasteiger partial charge in [0.1, 0.15) is 6.04 Å². The Hall–Kier alpha value is -3.02. The van der Waals surface area contributed by atoms with Crippen molar-refractivity contribution in [2.24, 2.45) is 5.73 Å². The lowest BCUT2D eigenvalue weighted by Gasteiger charge is -2.23. The second-order valence-corrected chi connectivity index (χ2v) is 5.88. The highest BCUT2D eigenvalue weighted by Gasteiger charge is 2.36. The Bertz CT molecular complexity index is 819. The van der Waals surface area contributed by atoms with E-state index in [1.165, 1.54) is 4.90 Å². The summed E-state index contributed by atoms with van der Waals surface area (Å²) in [6.45, 7) is 0. The number of amides is 2. The molecule has 6 heteroatoms. The van der Waals surface area contributed by atoms with Crippen LogP contribution >= 0.6 is 0 Å². The van der Waals surface area contributed by atoms with E-state index in [4.69, 9.17) is 15.2 Å². The first-order valence-corrected chi connectivity index (χ1v) is 7.95. The number of benzene rings is 2. The fraction of sp³-hybridized carbons (Fsp3) is 0.263. The molecule has 0 saturated heterocycles. The van der Waals surface area contributed by atoms with E-state index in [0.29, 0.717) is 17.9 Å². The number of ether oxygens (including phenoxy) is 2. The number of nitrogens with two attached hydrogens (primary N) is 1. The van der Waals surface area contributed by atoms with E-state index >= 15 is 0 Å². The normalized spacial score (nSPS) is 15.6. The number of anilines is 1. The van der Waals surface area contributed by atoms with Crippen molar-refractivity contribution in [1.82, 2.24) is 0 Å². The lowest BCUT2D eigenvalue weighted by atomic mass is 10.1. The molecule has 2 amide bonds. The second-order valence-electron chi connectivity index (χ2n) is 5.88. The number of carbonyl (C=O) groups excluding carboxylic acids is 2. The number of hydrogen-bond donors (Lipinski definition) is 1. The molecule has 25 heavy (non-hydrogen) atoms. The van der Waals surface area contributed by atoms with Gasteiger partial charge in [0.25, 0.3) is 0 Å². The first kappa shape index (κ1) is 16.8. The van der Waals surface area contributed by atoms with Crippen LogP contribution in [0, 0.1) is 0 Å². The van der Waals surface area contributed by atoms with Gasteiger partial charge >= 0.3 is 0 Å². The van der Waals surface area contributed by atoms with Crippen LogP contribution in [0.2, 0.25) is 0 Å². The predicted molar refractivity (Wildman–Crippen MR) is 93.9 cm³/mol. The van der Waals surface area contributed by atoms with Crippen LogP contribution in [0.3, 0.4) is 0 Å². The fourth-order valence-corrected chi connectivity index (χ4v) is 3.17. The van der Waals surface area contributed by atoms with Crippen molar-refractivity contribution in [2.45, 2.75) is 18.9 Å². The van der Waals surface area contributed by atoms with Gasteiger partial charge in [0.15, 0.2) is 11.5 Å². The molecular formula is C19H20N2O4. The Morgan fingerprint density at radius 2 is 1.84 bits per heavy atom. The minimum Gasteiger partial charge on any atom is -0.493 e. The highest BCUT2D eigenvalue weighted by molar-refractivity contribution is 6.03. The molecule has 0 spiro atoms. The minimum absolute atomic E-state index is 0.137. The minimum atomic E-state index is -0.648. The Labute approximate surface area is 146 Å². The predicted octanol–water partition coefficient (Wildman–Crippen LogP) is 1.69. The zero-order valence-electron chi connectivity index (χ0n) is 14.2. The Morgan fingerprint density at radius 3 is 2.52 bits per heavy atom. The van der Waals surface area contributed by atoms with Gasteiger partial charge in [-0.2, -0.15) is 0 Å². The number of rotatable bonds is 5. The summed E-state index contributed by atoms with van der Waals surface area (Å²) in [6.07, 6.45) is 0.585. The highest BCUT2D eigenvalue weighted by atomic mass is 16.5. The number of fused-ring (bicyclic) bond motifs is 1. The van der Waals surface area contributed by atoms with Crippen LogP contribution in [0.5, 0.6) is 11.5 Å². The van der Waals surface area contributed by atoms with Gasteiger partial charge in [-0.1, -0.05) is 24.3 Å². The van der Waals surface area contributed by atoms with Gasteiger partial charge in [-0.15, -0.1) is 0 Å². The Morgan fingerprint density at radius 1 is 1.12 bits per heavy atom. The molecular weight excluding hydrogens is 320 g/mol. The van der Waals surface area contributed by atoms with E-state index in [1.54, 1.807) is 32.4 Å². The molecule has 0 radical (unpaired) electrons. The van der Waals surface area contributed by atoms with Crippen LogP contribution in [0.25, 0.3) is 0 Å². The summed E-state index contributed by atoms with van der Waals surface area (Å²) in [5, 5.41) is 0. The maximum atomic E-state index is 12.9. The molecule has 0 fully saturated rings. The van der Waals surface area contributed by atoms with Crippen molar-refractivity contribution < 1.29 is 19.1 Å². The molecule has 0 bridgehead atoms. The molecule has 2 aromatic carbocycles. The van der Waals surface area contributed by atoms with Crippen molar-refractivity contribution >= 4 is 17.5 Å². The maximum absolute atomic E-state index is 12.9. The van der Waals surface area contributed by atoms with Gasteiger partial charge in [0.2, 0.25) is 11.8 Å². The molecule has 1 aliphatic heterocycles. The van der Waals surface area contributed by atoms with Gasteiger partial charge in [0.05, 0.1) is 20.6 Å². The van der Waals surface area contributed by atoms with Crippen LogP contribution in [-0.4, -0.2) is 32.1 Å². The van der Waals surface area contributed by atoms with Crippen LogP contribution in [0.1, 0.15) is 11.1 Å². The molecule has 1 heterocycles. The molecule has 130 valence electrons. The summed E-state index contributed by atoms with van der Waals surface area (Å²) in [4.78, 5) is 26.2. The van der Waals surface area contributed by atoms with Crippen LogP contribution in [-0.2, 0) is 22.4 Å². The second kappa shape index (κ2) is 6.84. The van der Waals surface area contributed by atoms with Crippen LogP contribution < -0.4 is 20.1 Å². The van der Waals surface area contributed by atoms with Crippen molar-refractivity contribution in [1.29, 1.82) is 0 Å². The lowest BCUT2D eigenvalue weighted by molar-refractivity contribution is -0.124. The maximum Gasteiger partial charge on any atom is 0.240 e. The molecule has 2 N–H and O–H groups in total. The third-order valence-corrected chi connectivity index (χ3v) is 4.38. The monoisotopic (exact) mass is 340 g/mol. The van der Waals surface area contributed by atoms with E-state index in [2.05, 4.69) is 0 Å². The summed E-state index contributed by atoms with van der Waals surface area (Å²) >= 11 is 0. The average molecular weight is 340 g/mol. The van der Waals surface area contributed by atoms with Gasteiger partial charge in [-0.25, -0.2) is 0 Å². The molecule has 2 aromatic rings. The summed E-state index contributed by atoms with van der Waals surface area (Å²) in [5.41, 5.74) is 7.98. The zero-order valence-corrected chi connectivity index (χ0v) is 14.2. The van der Waals surface area contributed by atoms with E-state index in [9.17, 15) is 9.59 Å². The smallest absolute Gasteiger partial charge is 0.240 e. The Kier molecular flexibility index (Phi) is 4.61. The molecule has 1 aliphatic rings. The molecule has 0 saturated carbocycles. The quantitative estimate of drug-likeness (QED) is 0.898. The van der Waals surface area contributed by atoms with E-state index in [-0.39, 0.29) is 12.3 Å². The average Bonchev–Trinajstić information content (AvgIpc) is 3.01. The van der Waals surface area contributed by atoms with Gasteiger partial charge in [-0.05, 0) is 29.3 Å². The summed E-state index contributed by atoms with van der Waals surface area (Å²) in [7, 11) is 3.10. The van der Waals surface area contributed by atoms with E-state index in [1.807, 2.05) is 24.3 Å². The Balaban J connectivity index is 1.88. The van der Waals surface area contributed by atoms with Gasteiger partial charge in [0, 0.05) is 12.1 Å². The molecule has 0 unspecified atom stereocenters. The van der Waals surface area contributed by atoms with Crippen molar-refractivity contribution in [3.63, 3.8) is 0 Å². The molecule has 6 nitrogen and oxygen atoms in total. The van der Waals surface area contributed by atoms with Crippen LogP contribution in [0.4, 0.5) is 5.69 Å². The fourth-order valence-electron chi connectivity index (χ4n) is 3.17. The molecule has 0 aliphatic carbocycles. The van der Waals surface area contributed by atoms with E-state index in [0.717, 1.165) is 16.8 Å². The summed E-state index contributed by atoms with van der Waals surface area (Å²) < 4.78 is 10.5. The standard InChI is InChI=1S/C19H20N2O4/c1-24-16-8-7-12(9-17(16)25-2)10-18(22)21-14-6-4-3-5-13(14)11-15(21)19(20)23/h3-9,15H,10-11H2,1-2H3,(H2,20,23)/t15-/m0/s1. The number of primary amides is 1. The van der Waals surface area contributed by atoms with Crippen molar-refractivity contribution in [3.8, 4) is 11.5 Å². The van der Waals surface area contributed by atoms with Crippen LogP contribution in [0.15, 0.2) is 42.5 Å². The number of hydrogen-bond acceptors (Lipinski definition) is 4. The largest absolute Gasteiger partial charge is 0.493 e. The lowest BCUT2D eigenvalue weighted by Crippen LogP contribution is -2.46. The number of carbonyl (C=O) groups is 2. The number of para-hydroxylation sites is 1.